The maximum atomic E-state index is 14.0. The second kappa shape index (κ2) is 17.8. The van der Waals surface area contributed by atoms with E-state index in [1.165, 1.54) is 14.7 Å². The number of benzene rings is 1. The van der Waals surface area contributed by atoms with E-state index in [4.69, 9.17) is 0 Å². The lowest BCUT2D eigenvalue weighted by atomic mass is 9.94. The zero-order valence-corrected chi connectivity index (χ0v) is 35.8. The molecule has 4 N–H and O–H groups in total. The molecule has 1 unspecified atom stereocenters. The zero-order chi connectivity index (χ0) is 43.5. The number of pyridine rings is 1. The van der Waals surface area contributed by atoms with Gasteiger partial charge in [0.25, 0.3) is 5.91 Å². The molecule has 7 amide bonds. The highest BCUT2D eigenvalue weighted by molar-refractivity contribution is 6.07. The highest BCUT2D eigenvalue weighted by atomic mass is 16.2. The molecule has 2 aromatic heterocycles. The molecule has 3 atom stereocenters. The molecule has 1 saturated heterocycles. The van der Waals surface area contributed by atoms with Crippen LogP contribution in [0.4, 0.5) is 27.9 Å². The smallest absolute Gasteiger partial charge is 0.330 e. The molecular weight excluding hydrogens is 755 g/mol. The first-order valence-electron chi connectivity index (χ1n) is 19.8. The molecular formula is C42H57N11O6. The molecule has 59 heavy (non-hydrogen) atoms. The summed E-state index contributed by atoms with van der Waals surface area (Å²) in [7, 11) is 4.86. The molecule has 17 heteroatoms. The van der Waals surface area contributed by atoms with Gasteiger partial charge in [-0.1, -0.05) is 33.8 Å². The number of amides is 7. The molecule has 1 fully saturated rings. The fraction of sp³-hybridized carbons (Fsp3) is 0.500. The number of fused-ring (bicyclic) bond motifs is 1. The lowest BCUT2D eigenvalue weighted by Crippen LogP contribution is -2.67. The van der Waals surface area contributed by atoms with E-state index in [0.29, 0.717) is 48.1 Å². The Morgan fingerprint density at radius 2 is 1.68 bits per heavy atom. The van der Waals surface area contributed by atoms with Crippen molar-refractivity contribution in [1.82, 2.24) is 40.7 Å². The molecule has 17 nitrogen and oxygen atoms in total. The molecule has 0 bridgehead atoms. The van der Waals surface area contributed by atoms with Crippen molar-refractivity contribution in [3.8, 4) is 0 Å². The number of aryl methyl sites for hydroxylation is 2. The Kier molecular flexibility index (Phi) is 13.3. The van der Waals surface area contributed by atoms with Gasteiger partial charge in [-0.25, -0.2) is 9.78 Å². The topological polar surface area (TPSA) is 202 Å². The SMILES string of the molecule is Cc1ccc(Nc2ncc3c(n2)N(C)C(=O)N(c2cc(C(=O)N[C@H](C(=O)N4CCC4C(=O)NC(C)(C)C(=O)N[C@@H](CC(C)C)C(=O)N(C)C)C(C)C)ccc2C)C3)cn1. The number of nitrogens with one attached hydrogen (secondary N) is 4. The molecule has 0 radical (unpaired) electrons. The third-order valence-corrected chi connectivity index (χ3v) is 10.5. The van der Waals surface area contributed by atoms with Crippen molar-refractivity contribution in [1.29, 1.82) is 0 Å². The minimum absolute atomic E-state index is 0.134. The fourth-order valence-corrected chi connectivity index (χ4v) is 6.90. The van der Waals surface area contributed by atoms with Gasteiger partial charge in [0.05, 0.1) is 18.4 Å². The second-order valence-corrected chi connectivity index (χ2v) is 16.8. The first kappa shape index (κ1) is 44.0. The summed E-state index contributed by atoms with van der Waals surface area (Å²) >= 11 is 0. The molecule has 3 aromatic rings. The number of carbonyl (C=O) groups excluding carboxylic acids is 6. The number of aromatic nitrogens is 3. The van der Waals surface area contributed by atoms with Crippen LogP contribution in [0.5, 0.6) is 0 Å². The van der Waals surface area contributed by atoms with E-state index >= 15 is 0 Å². The van der Waals surface area contributed by atoms with Gasteiger partial charge >= 0.3 is 6.03 Å². The molecule has 0 saturated carbocycles. The summed E-state index contributed by atoms with van der Waals surface area (Å²) in [5.41, 5.74) is 2.38. The van der Waals surface area contributed by atoms with E-state index in [-0.39, 0.29) is 35.9 Å². The number of likely N-dealkylation sites (N-methyl/N-ethyl adjacent to an activating group) is 1. The highest BCUT2D eigenvalue weighted by Gasteiger charge is 2.44. The lowest BCUT2D eigenvalue weighted by molar-refractivity contribution is -0.151. The Bertz CT molecular complexity index is 2100. The first-order chi connectivity index (χ1) is 27.7. The molecule has 1 aromatic carbocycles. The van der Waals surface area contributed by atoms with Crippen LogP contribution in [0.2, 0.25) is 0 Å². The monoisotopic (exact) mass is 811 g/mol. The minimum Gasteiger partial charge on any atom is -0.347 e. The predicted octanol–water partition coefficient (Wildman–Crippen LogP) is 3.68. The van der Waals surface area contributed by atoms with Crippen molar-refractivity contribution in [3.05, 3.63) is 65.1 Å². The Morgan fingerprint density at radius 3 is 2.27 bits per heavy atom. The predicted molar refractivity (Wildman–Crippen MR) is 224 cm³/mol. The van der Waals surface area contributed by atoms with Gasteiger partial charge in [-0.05, 0) is 82.2 Å². The number of rotatable bonds is 14. The van der Waals surface area contributed by atoms with Crippen LogP contribution in [0, 0.1) is 25.7 Å². The summed E-state index contributed by atoms with van der Waals surface area (Å²) in [6.45, 7) is 14.8. The maximum Gasteiger partial charge on any atom is 0.330 e. The van der Waals surface area contributed by atoms with Gasteiger partial charge in [0.2, 0.25) is 29.6 Å². The molecule has 2 aliphatic rings. The number of anilines is 4. The standard InChI is InChI=1S/C42H57N11O6/c1-23(2)18-30(37(56)50(9)10)46-39(58)42(7,8)49-36(55)31-16-17-52(31)38(57)33(24(3)4)47-35(54)27-14-12-25(5)32(19-27)53-22-28-20-44-40(48-34(28)51(11)41(53)59)45-29-15-13-26(6)43-21-29/h12-15,19-21,23-24,30-31,33H,16-18,22H2,1-11H3,(H,46,58)(H,47,54)(H,49,55)(H,44,45,48)/t30-,31?,33-/m0/s1. The maximum absolute atomic E-state index is 14.0. The summed E-state index contributed by atoms with van der Waals surface area (Å²) in [5.74, 6) is -1.69. The summed E-state index contributed by atoms with van der Waals surface area (Å²) in [4.78, 5) is 100. The van der Waals surface area contributed by atoms with Crippen LogP contribution >= 0.6 is 0 Å². The van der Waals surface area contributed by atoms with Crippen molar-refractivity contribution < 1.29 is 28.8 Å². The Hall–Kier alpha value is -6.13. The molecule has 2 aliphatic heterocycles. The molecule has 4 heterocycles. The van der Waals surface area contributed by atoms with Crippen LogP contribution in [0.25, 0.3) is 0 Å². The fourth-order valence-electron chi connectivity index (χ4n) is 6.90. The molecule has 5 rings (SSSR count). The zero-order valence-electron chi connectivity index (χ0n) is 35.8. The van der Waals surface area contributed by atoms with Crippen molar-refractivity contribution in [2.75, 3.05) is 42.8 Å². The molecule has 0 aliphatic carbocycles. The van der Waals surface area contributed by atoms with Crippen LogP contribution in [-0.4, -0.2) is 112 Å². The first-order valence-corrected chi connectivity index (χ1v) is 19.8. The Labute approximate surface area is 345 Å². The minimum atomic E-state index is -1.39. The van der Waals surface area contributed by atoms with E-state index in [2.05, 4.69) is 36.2 Å². The molecule has 0 spiro atoms. The van der Waals surface area contributed by atoms with Crippen LogP contribution in [0.15, 0.2) is 42.7 Å². The van der Waals surface area contributed by atoms with Gasteiger partial charge in [0, 0.05) is 56.4 Å². The normalized spacial score (nSPS) is 16.2. The van der Waals surface area contributed by atoms with Crippen molar-refractivity contribution >= 4 is 58.7 Å². The van der Waals surface area contributed by atoms with Crippen molar-refractivity contribution in [2.45, 2.75) is 98.4 Å². The van der Waals surface area contributed by atoms with E-state index in [9.17, 15) is 28.8 Å². The lowest BCUT2D eigenvalue weighted by Gasteiger charge is -2.43. The van der Waals surface area contributed by atoms with Crippen LogP contribution in [0.3, 0.4) is 0 Å². The number of urea groups is 1. The number of nitrogens with zero attached hydrogens (tertiary/aromatic N) is 7. The third kappa shape index (κ3) is 9.95. The van der Waals surface area contributed by atoms with E-state index in [0.717, 1.165) is 11.3 Å². The summed E-state index contributed by atoms with van der Waals surface area (Å²) in [5, 5.41) is 11.6. The Balaban J connectivity index is 1.26. The summed E-state index contributed by atoms with van der Waals surface area (Å²) in [6, 6.07) is 5.78. The van der Waals surface area contributed by atoms with E-state index < -0.39 is 47.3 Å². The number of likely N-dealkylation sites (tertiary alicyclic amines) is 1. The van der Waals surface area contributed by atoms with Crippen molar-refractivity contribution in [2.24, 2.45) is 11.8 Å². The highest BCUT2D eigenvalue weighted by Crippen LogP contribution is 2.33. The van der Waals surface area contributed by atoms with Gasteiger partial charge in [-0.15, -0.1) is 0 Å². The largest absolute Gasteiger partial charge is 0.347 e. The van der Waals surface area contributed by atoms with E-state index in [1.807, 2.05) is 39.8 Å². The number of carbonyl (C=O) groups is 6. The second-order valence-electron chi connectivity index (χ2n) is 16.8. The summed E-state index contributed by atoms with van der Waals surface area (Å²) < 4.78 is 0. The molecule has 316 valence electrons. The van der Waals surface area contributed by atoms with Gasteiger partial charge < -0.3 is 31.1 Å². The Morgan fingerprint density at radius 1 is 0.966 bits per heavy atom. The average Bonchev–Trinajstić information content (AvgIpc) is 3.14. The third-order valence-electron chi connectivity index (χ3n) is 10.5. The number of hydrogen-bond acceptors (Lipinski definition) is 10. The quantitative estimate of drug-likeness (QED) is 0.186. The summed E-state index contributed by atoms with van der Waals surface area (Å²) in [6.07, 6.45) is 4.13. The van der Waals surface area contributed by atoms with Gasteiger partial charge in [0.1, 0.15) is 29.5 Å². The van der Waals surface area contributed by atoms with E-state index in [1.54, 1.807) is 84.3 Å². The van der Waals surface area contributed by atoms with Gasteiger partial charge in [0.15, 0.2) is 0 Å². The van der Waals surface area contributed by atoms with Crippen molar-refractivity contribution in [3.63, 3.8) is 0 Å². The van der Waals surface area contributed by atoms with Crippen LogP contribution in [-0.2, 0) is 25.7 Å². The van der Waals surface area contributed by atoms with Gasteiger partial charge in [-0.2, -0.15) is 4.98 Å². The average molecular weight is 812 g/mol. The van der Waals surface area contributed by atoms with Crippen LogP contribution < -0.4 is 31.1 Å². The number of hydrogen-bond donors (Lipinski definition) is 4. The van der Waals surface area contributed by atoms with Crippen LogP contribution in [0.1, 0.15) is 81.6 Å². The van der Waals surface area contributed by atoms with Gasteiger partial charge in [-0.3, -0.25) is 38.8 Å².